The average molecular weight is 288 g/mol. The minimum Gasteiger partial charge on any atom is -0.497 e. The van der Waals surface area contributed by atoms with Crippen molar-refractivity contribution in [2.24, 2.45) is 0 Å². The van der Waals surface area contributed by atoms with Crippen molar-refractivity contribution < 1.29 is 9.47 Å². The van der Waals surface area contributed by atoms with Crippen LogP contribution in [-0.4, -0.2) is 30.7 Å². The van der Waals surface area contributed by atoms with Crippen molar-refractivity contribution in [3.63, 3.8) is 0 Å². The lowest BCUT2D eigenvalue weighted by atomic mass is 10.2. The van der Waals surface area contributed by atoms with Crippen molar-refractivity contribution in [1.29, 1.82) is 0 Å². The van der Waals surface area contributed by atoms with Gasteiger partial charge >= 0.3 is 0 Å². The van der Waals surface area contributed by atoms with E-state index < -0.39 is 0 Å². The zero-order chi connectivity index (χ0) is 15.2. The fourth-order valence-electron chi connectivity index (χ4n) is 1.96. The van der Waals surface area contributed by atoms with Crippen LogP contribution in [0, 0.1) is 6.92 Å². The van der Waals surface area contributed by atoms with Crippen molar-refractivity contribution in [3.8, 4) is 11.5 Å². The Morgan fingerprint density at radius 3 is 2.52 bits per heavy atom. The maximum absolute atomic E-state index is 5.36. The highest BCUT2D eigenvalue weighted by molar-refractivity contribution is 5.70. The number of ether oxygens (including phenoxy) is 2. The topological polar surface area (TPSA) is 68.3 Å². The lowest BCUT2D eigenvalue weighted by Gasteiger charge is -2.15. The van der Waals surface area contributed by atoms with Crippen LogP contribution in [0.1, 0.15) is 12.5 Å². The second-order valence-corrected chi connectivity index (χ2v) is 4.42. The van der Waals surface area contributed by atoms with E-state index in [2.05, 4.69) is 20.6 Å². The van der Waals surface area contributed by atoms with Gasteiger partial charge in [-0.25, -0.2) is 9.97 Å². The second-order valence-electron chi connectivity index (χ2n) is 4.42. The first-order valence-electron chi connectivity index (χ1n) is 6.74. The molecule has 0 saturated carbocycles. The molecule has 6 heteroatoms. The van der Waals surface area contributed by atoms with Crippen molar-refractivity contribution in [2.75, 3.05) is 31.4 Å². The summed E-state index contributed by atoms with van der Waals surface area (Å²) >= 11 is 0. The number of benzene rings is 1. The molecule has 1 aromatic carbocycles. The van der Waals surface area contributed by atoms with Crippen molar-refractivity contribution in [2.45, 2.75) is 13.8 Å². The van der Waals surface area contributed by atoms with Crippen molar-refractivity contribution >= 4 is 17.3 Å². The summed E-state index contributed by atoms with van der Waals surface area (Å²) in [5, 5.41) is 6.48. The molecule has 6 nitrogen and oxygen atoms in total. The van der Waals surface area contributed by atoms with E-state index in [4.69, 9.17) is 9.47 Å². The average Bonchev–Trinajstić information content (AvgIpc) is 2.51. The van der Waals surface area contributed by atoms with E-state index in [1.807, 2.05) is 32.0 Å². The molecule has 0 aliphatic carbocycles. The highest BCUT2D eigenvalue weighted by Gasteiger charge is 2.10. The molecule has 0 radical (unpaired) electrons. The number of hydrogen-bond donors (Lipinski definition) is 2. The number of aromatic nitrogens is 2. The molecule has 0 amide bonds. The normalized spacial score (nSPS) is 10.1. The molecule has 0 bridgehead atoms. The van der Waals surface area contributed by atoms with Crippen molar-refractivity contribution in [1.82, 2.24) is 9.97 Å². The van der Waals surface area contributed by atoms with Crippen LogP contribution in [0.4, 0.5) is 17.3 Å². The predicted molar refractivity (Wildman–Crippen MR) is 83.8 cm³/mol. The molecule has 0 aliphatic rings. The number of nitrogens with zero attached hydrogens (tertiary/aromatic N) is 2. The fraction of sp³-hybridized carbons (Fsp3) is 0.333. The molecule has 2 aromatic rings. The van der Waals surface area contributed by atoms with Gasteiger partial charge < -0.3 is 20.1 Å². The molecule has 0 unspecified atom stereocenters. The Labute approximate surface area is 124 Å². The minimum atomic E-state index is 0.721. The van der Waals surface area contributed by atoms with Crippen LogP contribution >= 0.6 is 0 Å². The fourth-order valence-corrected chi connectivity index (χ4v) is 1.96. The van der Waals surface area contributed by atoms with Gasteiger partial charge in [-0.3, -0.25) is 0 Å². The lowest BCUT2D eigenvalue weighted by Crippen LogP contribution is -2.06. The van der Waals surface area contributed by atoms with Gasteiger partial charge in [0.25, 0.3) is 0 Å². The SMILES string of the molecule is CCNc1ncnc(Nc2cc(OC)ccc2OC)c1C. The number of nitrogens with one attached hydrogen (secondary N) is 2. The van der Waals surface area contributed by atoms with Gasteiger partial charge in [0.05, 0.1) is 19.9 Å². The molecule has 0 saturated heterocycles. The molecule has 0 spiro atoms. The van der Waals surface area contributed by atoms with Gasteiger partial charge in [-0.1, -0.05) is 0 Å². The Hall–Kier alpha value is -2.50. The third-order valence-electron chi connectivity index (χ3n) is 3.09. The van der Waals surface area contributed by atoms with Crippen LogP contribution in [0.15, 0.2) is 24.5 Å². The third kappa shape index (κ3) is 3.34. The Morgan fingerprint density at radius 2 is 1.86 bits per heavy atom. The van der Waals surface area contributed by atoms with E-state index in [-0.39, 0.29) is 0 Å². The number of hydrogen-bond acceptors (Lipinski definition) is 6. The number of methoxy groups -OCH3 is 2. The van der Waals surface area contributed by atoms with Crippen LogP contribution in [0.2, 0.25) is 0 Å². The van der Waals surface area contributed by atoms with Gasteiger partial charge in [-0.05, 0) is 26.0 Å². The second kappa shape index (κ2) is 6.78. The van der Waals surface area contributed by atoms with E-state index in [1.54, 1.807) is 14.2 Å². The molecule has 0 atom stereocenters. The molecular formula is C15H20N4O2. The highest BCUT2D eigenvalue weighted by Crippen LogP contribution is 2.32. The first-order chi connectivity index (χ1) is 10.2. The van der Waals surface area contributed by atoms with Gasteiger partial charge in [0.2, 0.25) is 0 Å². The Balaban J connectivity index is 2.35. The van der Waals surface area contributed by atoms with Crippen LogP contribution in [0.25, 0.3) is 0 Å². The highest BCUT2D eigenvalue weighted by atomic mass is 16.5. The van der Waals surface area contributed by atoms with Crippen LogP contribution < -0.4 is 20.1 Å². The Kier molecular flexibility index (Phi) is 4.81. The Bertz CT molecular complexity index is 617. The quantitative estimate of drug-likeness (QED) is 0.851. The van der Waals surface area contributed by atoms with Gasteiger partial charge in [0.15, 0.2) is 0 Å². The summed E-state index contributed by atoms with van der Waals surface area (Å²) in [4.78, 5) is 8.52. The molecule has 2 N–H and O–H groups in total. The molecule has 0 aliphatic heterocycles. The number of rotatable bonds is 6. The first kappa shape index (κ1) is 14.9. The van der Waals surface area contributed by atoms with Crippen LogP contribution in [0.3, 0.4) is 0 Å². The van der Waals surface area contributed by atoms with Gasteiger partial charge in [-0.15, -0.1) is 0 Å². The maximum Gasteiger partial charge on any atom is 0.142 e. The molecule has 1 heterocycles. The summed E-state index contributed by atoms with van der Waals surface area (Å²) in [6.45, 7) is 4.80. The van der Waals surface area contributed by atoms with Gasteiger partial charge in [0.1, 0.15) is 29.5 Å². The van der Waals surface area contributed by atoms with E-state index >= 15 is 0 Å². The molecular weight excluding hydrogens is 268 g/mol. The molecule has 21 heavy (non-hydrogen) atoms. The summed E-state index contributed by atoms with van der Waals surface area (Å²) in [7, 11) is 3.26. The lowest BCUT2D eigenvalue weighted by molar-refractivity contribution is 0.405. The largest absolute Gasteiger partial charge is 0.497 e. The first-order valence-corrected chi connectivity index (χ1v) is 6.74. The van der Waals surface area contributed by atoms with Gasteiger partial charge in [-0.2, -0.15) is 0 Å². The van der Waals surface area contributed by atoms with E-state index in [0.717, 1.165) is 40.9 Å². The number of anilines is 3. The molecule has 2 rings (SSSR count). The predicted octanol–water partition coefficient (Wildman–Crippen LogP) is 2.98. The smallest absolute Gasteiger partial charge is 0.142 e. The van der Waals surface area contributed by atoms with E-state index in [0.29, 0.717) is 0 Å². The molecule has 1 aromatic heterocycles. The minimum absolute atomic E-state index is 0.721. The Morgan fingerprint density at radius 1 is 1.10 bits per heavy atom. The zero-order valence-corrected chi connectivity index (χ0v) is 12.7. The zero-order valence-electron chi connectivity index (χ0n) is 12.7. The summed E-state index contributed by atoms with van der Waals surface area (Å²) in [6, 6.07) is 5.57. The van der Waals surface area contributed by atoms with E-state index in [1.165, 1.54) is 6.33 Å². The summed E-state index contributed by atoms with van der Waals surface area (Å²) in [6.07, 6.45) is 1.53. The molecule has 0 fully saturated rings. The standard InChI is InChI=1S/C15H20N4O2/c1-5-16-14-10(2)15(18-9-17-14)19-12-8-11(20-3)6-7-13(12)21-4/h6-9H,5H2,1-4H3,(H2,16,17,18,19). The van der Waals surface area contributed by atoms with Crippen molar-refractivity contribution in [3.05, 3.63) is 30.1 Å². The third-order valence-corrected chi connectivity index (χ3v) is 3.09. The van der Waals surface area contributed by atoms with Crippen LogP contribution in [0.5, 0.6) is 11.5 Å². The maximum atomic E-state index is 5.36. The summed E-state index contributed by atoms with van der Waals surface area (Å²) < 4.78 is 10.6. The molecule has 112 valence electrons. The summed E-state index contributed by atoms with van der Waals surface area (Å²) in [5.74, 6) is 3.01. The van der Waals surface area contributed by atoms with Gasteiger partial charge in [0, 0.05) is 18.2 Å². The van der Waals surface area contributed by atoms with Crippen LogP contribution in [-0.2, 0) is 0 Å². The monoisotopic (exact) mass is 288 g/mol. The summed E-state index contributed by atoms with van der Waals surface area (Å²) in [5.41, 5.74) is 1.74. The van der Waals surface area contributed by atoms with E-state index in [9.17, 15) is 0 Å².